The van der Waals surface area contributed by atoms with E-state index in [0.717, 1.165) is 16.8 Å². The molecule has 0 aromatic heterocycles. The van der Waals surface area contributed by atoms with Crippen LogP contribution in [0.25, 0.3) is 0 Å². The number of nitrogens with one attached hydrogen (secondary N) is 1. The Hall–Kier alpha value is 0.650. The van der Waals surface area contributed by atoms with Crippen molar-refractivity contribution >= 4 is 0 Å². The third kappa shape index (κ3) is 6.20. The molecule has 0 bridgehead atoms. The Morgan fingerprint density at radius 2 is 2.08 bits per heavy atom. The van der Waals surface area contributed by atoms with Crippen molar-refractivity contribution in [1.29, 1.82) is 0 Å². The molecule has 0 aromatic rings. The summed E-state index contributed by atoms with van der Waals surface area (Å²) in [6.45, 7) is 8.80. The number of hydrogen-bond donors (Lipinski definition) is 2. The maximum atomic E-state index is 6.05. The van der Waals surface area contributed by atoms with Crippen molar-refractivity contribution in [2.45, 2.75) is 56.5 Å². The molecule has 3 N–H and O–H groups in total. The van der Waals surface area contributed by atoms with Gasteiger partial charge in [0.1, 0.15) is 0 Å². The van der Waals surface area contributed by atoms with E-state index >= 15 is 0 Å². The van der Waals surface area contributed by atoms with Gasteiger partial charge in [-0.25, -0.2) is 0 Å². The summed E-state index contributed by atoms with van der Waals surface area (Å²) in [6, 6.07) is 0. The van der Waals surface area contributed by atoms with Crippen molar-refractivity contribution < 1.29 is 21.5 Å². The van der Waals surface area contributed by atoms with Crippen LogP contribution in [0.2, 0.25) is 0 Å². The maximum absolute atomic E-state index is 6.05. The Balaban J connectivity index is 3.59. The standard InChI is InChI=1S/C9H22IN2/c1-5-7-9(4,11)12-10-8(3)6-2/h8,12H,5-7,11H2,1-4H3/q-1. The first-order valence-electron chi connectivity index (χ1n) is 4.70. The van der Waals surface area contributed by atoms with Gasteiger partial charge < -0.3 is 0 Å². The van der Waals surface area contributed by atoms with Gasteiger partial charge in [-0.1, -0.05) is 0 Å². The Bertz CT molecular complexity index is 115. The fourth-order valence-electron chi connectivity index (χ4n) is 0.861. The van der Waals surface area contributed by atoms with Crippen molar-refractivity contribution in [3.05, 3.63) is 0 Å². The molecule has 0 spiro atoms. The molecule has 76 valence electrons. The predicted molar refractivity (Wildman–Crippen MR) is 50.4 cm³/mol. The minimum absolute atomic E-state index is 0.0848. The van der Waals surface area contributed by atoms with Gasteiger partial charge in [0, 0.05) is 0 Å². The van der Waals surface area contributed by atoms with E-state index in [1.54, 1.807) is 0 Å². The zero-order valence-electron chi connectivity index (χ0n) is 8.65. The molecule has 0 aliphatic carbocycles. The SMILES string of the molecule is CCCC(C)(N)N[I-]C(C)CC. The number of rotatable bonds is 6. The summed E-state index contributed by atoms with van der Waals surface area (Å²) in [7, 11) is 0. The van der Waals surface area contributed by atoms with Crippen LogP contribution in [0.1, 0.15) is 47.0 Å². The average Bonchev–Trinajstić information content (AvgIpc) is 2.00. The van der Waals surface area contributed by atoms with Crippen molar-refractivity contribution in [2.75, 3.05) is 0 Å². The Labute approximate surface area is 87.3 Å². The number of hydrogen-bond acceptors (Lipinski definition) is 2. The van der Waals surface area contributed by atoms with E-state index in [4.69, 9.17) is 5.73 Å². The summed E-state index contributed by atoms with van der Waals surface area (Å²) in [6.07, 6.45) is 3.50. The van der Waals surface area contributed by atoms with Crippen molar-refractivity contribution in [3.63, 3.8) is 0 Å². The molecule has 0 radical (unpaired) electrons. The average molecular weight is 285 g/mol. The van der Waals surface area contributed by atoms with Gasteiger partial charge in [-0.2, -0.15) is 0 Å². The topological polar surface area (TPSA) is 38.0 Å². The van der Waals surface area contributed by atoms with E-state index < -0.39 is 0 Å². The van der Waals surface area contributed by atoms with Gasteiger partial charge in [-0.3, -0.25) is 0 Å². The Morgan fingerprint density at radius 3 is 2.50 bits per heavy atom. The van der Waals surface area contributed by atoms with Crippen LogP contribution in [0.3, 0.4) is 0 Å². The number of halogens is 1. The molecule has 2 atom stereocenters. The van der Waals surface area contributed by atoms with Crippen LogP contribution in [0.15, 0.2) is 0 Å². The summed E-state index contributed by atoms with van der Waals surface area (Å²) in [5.74, 6) is 0. The van der Waals surface area contributed by atoms with Crippen LogP contribution in [-0.2, 0) is 0 Å². The van der Waals surface area contributed by atoms with E-state index in [1.165, 1.54) is 6.42 Å². The fourth-order valence-corrected chi connectivity index (χ4v) is 2.81. The molecule has 0 aliphatic rings. The second kappa shape index (κ2) is 6.16. The molecular weight excluding hydrogens is 263 g/mol. The van der Waals surface area contributed by atoms with E-state index in [9.17, 15) is 0 Å². The first-order chi connectivity index (χ1) is 5.52. The molecule has 3 heteroatoms. The summed E-state index contributed by atoms with van der Waals surface area (Å²) in [5, 5.41) is 0. The summed E-state index contributed by atoms with van der Waals surface area (Å²) < 4.78 is 4.33. The molecular formula is C9H22IN2-. The molecule has 2 unspecified atom stereocenters. The molecule has 12 heavy (non-hydrogen) atoms. The molecule has 0 rings (SSSR count). The molecule has 0 fully saturated rings. The van der Waals surface area contributed by atoms with Crippen LogP contribution in [-0.4, -0.2) is 9.59 Å². The molecule has 0 saturated carbocycles. The summed E-state index contributed by atoms with van der Waals surface area (Å²) in [4.78, 5) is 0. The first kappa shape index (κ1) is 12.7. The van der Waals surface area contributed by atoms with E-state index in [-0.39, 0.29) is 27.1 Å². The fraction of sp³-hybridized carbons (Fsp3) is 1.00. The second-order valence-corrected chi connectivity index (χ2v) is 6.85. The number of nitrogens with two attached hydrogens (primary N) is 1. The van der Waals surface area contributed by atoms with E-state index in [2.05, 4.69) is 31.2 Å². The number of alkyl halides is 1. The van der Waals surface area contributed by atoms with E-state index in [0.29, 0.717) is 0 Å². The summed E-state index contributed by atoms with van der Waals surface area (Å²) in [5.41, 5.74) is 5.93. The van der Waals surface area contributed by atoms with E-state index in [1.807, 2.05) is 0 Å². The quantitative estimate of drug-likeness (QED) is 0.280. The van der Waals surface area contributed by atoms with Gasteiger partial charge in [-0.15, -0.1) is 0 Å². The van der Waals surface area contributed by atoms with Gasteiger partial charge in [-0.05, 0) is 0 Å². The summed E-state index contributed by atoms with van der Waals surface area (Å²) >= 11 is 0.0848. The minimum atomic E-state index is -0.120. The second-order valence-electron chi connectivity index (χ2n) is 3.56. The van der Waals surface area contributed by atoms with Gasteiger partial charge in [0.05, 0.1) is 0 Å². The van der Waals surface area contributed by atoms with Crippen molar-refractivity contribution in [2.24, 2.45) is 5.73 Å². The van der Waals surface area contributed by atoms with Crippen LogP contribution in [0.5, 0.6) is 0 Å². The normalized spacial score (nSPS) is 19.1. The molecule has 0 saturated heterocycles. The molecule has 0 amide bonds. The Kier molecular flexibility index (Phi) is 6.49. The van der Waals surface area contributed by atoms with Crippen LogP contribution >= 0.6 is 0 Å². The van der Waals surface area contributed by atoms with Gasteiger partial charge in [0.25, 0.3) is 0 Å². The molecule has 0 heterocycles. The Morgan fingerprint density at radius 1 is 1.50 bits per heavy atom. The molecule has 2 nitrogen and oxygen atoms in total. The first-order valence-corrected chi connectivity index (χ1v) is 7.02. The van der Waals surface area contributed by atoms with Crippen molar-refractivity contribution in [3.8, 4) is 0 Å². The zero-order chi connectivity index (χ0) is 9.61. The molecule has 0 aliphatic heterocycles. The third-order valence-electron chi connectivity index (χ3n) is 1.79. The van der Waals surface area contributed by atoms with Crippen molar-refractivity contribution in [1.82, 2.24) is 3.53 Å². The van der Waals surface area contributed by atoms with Crippen LogP contribution in [0, 0.1) is 0 Å². The third-order valence-corrected chi connectivity index (χ3v) is 5.28. The van der Waals surface area contributed by atoms with Crippen LogP contribution < -0.4 is 30.7 Å². The molecule has 0 aromatic carbocycles. The zero-order valence-corrected chi connectivity index (χ0v) is 10.8. The predicted octanol–water partition coefficient (Wildman–Crippen LogP) is -1.15. The van der Waals surface area contributed by atoms with Gasteiger partial charge >= 0.3 is 87.3 Å². The van der Waals surface area contributed by atoms with Crippen LogP contribution in [0.4, 0.5) is 0 Å². The van der Waals surface area contributed by atoms with Gasteiger partial charge in [0.2, 0.25) is 0 Å². The monoisotopic (exact) mass is 285 g/mol. The van der Waals surface area contributed by atoms with Gasteiger partial charge in [0.15, 0.2) is 0 Å².